The van der Waals surface area contributed by atoms with Crippen LogP contribution in [0.25, 0.3) is 11.1 Å². The largest absolute Gasteiger partial charge is 0.0979 e. The maximum atomic E-state index is 3.28. The van der Waals surface area contributed by atoms with Gasteiger partial charge in [-0.05, 0) is 72.4 Å². The summed E-state index contributed by atoms with van der Waals surface area (Å²) in [4.78, 5) is 0. The summed E-state index contributed by atoms with van der Waals surface area (Å²) in [7, 11) is 0. The number of benzene rings is 3. The van der Waals surface area contributed by atoms with Crippen molar-refractivity contribution in [3.05, 3.63) is 95.1 Å². The highest BCUT2D eigenvalue weighted by Crippen LogP contribution is 2.21. The Hall–Kier alpha value is -3.22. The molecule has 0 atom stereocenters. The van der Waals surface area contributed by atoms with Crippen LogP contribution >= 0.6 is 0 Å². The fourth-order valence-corrected chi connectivity index (χ4v) is 3.79. The van der Waals surface area contributed by atoms with Crippen molar-refractivity contribution in [2.45, 2.75) is 71.6 Å². The molecule has 0 bridgehead atoms. The molecule has 33 heavy (non-hydrogen) atoms. The Kier molecular flexibility index (Phi) is 10.4. The third-order valence-electron chi connectivity index (χ3n) is 5.83. The highest BCUT2D eigenvalue weighted by atomic mass is 14.0. The molecular weight excluding hydrogens is 396 g/mol. The van der Waals surface area contributed by atoms with E-state index in [1.165, 1.54) is 61.6 Å². The minimum Gasteiger partial charge on any atom is -0.0979 e. The predicted molar refractivity (Wildman–Crippen MR) is 143 cm³/mol. The lowest BCUT2D eigenvalue weighted by molar-refractivity contribution is 0.607. The van der Waals surface area contributed by atoms with E-state index in [2.05, 4.69) is 86.1 Å². The summed E-state index contributed by atoms with van der Waals surface area (Å²) >= 11 is 0. The van der Waals surface area contributed by atoms with Gasteiger partial charge in [0.15, 0.2) is 0 Å². The zero-order valence-electron chi connectivity index (χ0n) is 20.3. The Morgan fingerprint density at radius 1 is 0.485 bits per heavy atom. The zero-order valence-corrected chi connectivity index (χ0v) is 20.3. The van der Waals surface area contributed by atoms with Gasteiger partial charge in [0.2, 0.25) is 0 Å². The van der Waals surface area contributed by atoms with E-state index in [0.29, 0.717) is 0 Å². The van der Waals surface area contributed by atoms with Gasteiger partial charge in [0, 0.05) is 23.1 Å². The van der Waals surface area contributed by atoms with E-state index in [0.717, 1.165) is 29.5 Å². The molecule has 0 aliphatic carbocycles. The Morgan fingerprint density at radius 2 is 0.970 bits per heavy atom. The second kappa shape index (κ2) is 14.0. The zero-order chi connectivity index (χ0) is 23.1. The monoisotopic (exact) mass is 432 g/mol. The Balaban J connectivity index is 1.53. The van der Waals surface area contributed by atoms with Gasteiger partial charge in [-0.2, -0.15) is 0 Å². The fourth-order valence-electron chi connectivity index (χ4n) is 3.79. The van der Waals surface area contributed by atoms with Gasteiger partial charge in [0.05, 0.1) is 0 Å². The van der Waals surface area contributed by atoms with E-state index in [9.17, 15) is 0 Å². The summed E-state index contributed by atoms with van der Waals surface area (Å²) in [6.45, 7) is 4.42. The van der Waals surface area contributed by atoms with E-state index in [1.807, 2.05) is 24.3 Å². The number of hydrogen-bond acceptors (Lipinski definition) is 0. The van der Waals surface area contributed by atoms with Crippen LogP contribution in [0.3, 0.4) is 0 Å². The highest BCUT2D eigenvalue weighted by molar-refractivity contribution is 5.64. The molecule has 3 aromatic carbocycles. The summed E-state index contributed by atoms with van der Waals surface area (Å²) < 4.78 is 0. The molecule has 0 aliphatic rings. The van der Waals surface area contributed by atoms with Crippen molar-refractivity contribution in [1.82, 2.24) is 0 Å². The maximum absolute atomic E-state index is 3.28. The van der Waals surface area contributed by atoms with Crippen LogP contribution < -0.4 is 0 Å². The van der Waals surface area contributed by atoms with E-state index >= 15 is 0 Å². The van der Waals surface area contributed by atoms with Gasteiger partial charge >= 0.3 is 0 Å². The van der Waals surface area contributed by atoms with Crippen LogP contribution in [0.2, 0.25) is 0 Å². The molecule has 0 radical (unpaired) electrons. The molecule has 0 spiro atoms. The molecule has 3 aromatic rings. The van der Waals surface area contributed by atoms with Crippen molar-refractivity contribution in [2.75, 3.05) is 0 Å². The average molecular weight is 433 g/mol. The molecule has 3 rings (SSSR count). The van der Waals surface area contributed by atoms with Crippen LogP contribution in [-0.2, 0) is 6.42 Å². The van der Waals surface area contributed by atoms with E-state index in [1.54, 1.807) is 0 Å². The number of aryl methyl sites for hydroxylation is 1. The summed E-state index contributed by atoms with van der Waals surface area (Å²) in [5, 5.41) is 0. The second-order valence-electron chi connectivity index (χ2n) is 8.67. The number of unbranched alkanes of at least 4 members (excludes halogenated alkanes) is 6. The van der Waals surface area contributed by atoms with Gasteiger partial charge in [-0.25, -0.2) is 0 Å². The van der Waals surface area contributed by atoms with Gasteiger partial charge in [0.25, 0.3) is 0 Å². The van der Waals surface area contributed by atoms with Crippen molar-refractivity contribution in [1.29, 1.82) is 0 Å². The number of rotatable bonds is 9. The molecule has 0 unspecified atom stereocenters. The molecule has 0 aliphatic heterocycles. The van der Waals surface area contributed by atoms with Gasteiger partial charge < -0.3 is 0 Å². The number of hydrogen-bond donors (Lipinski definition) is 0. The first kappa shape index (κ1) is 24.4. The van der Waals surface area contributed by atoms with Crippen molar-refractivity contribution in [3.63, 3.8) is 0 Å². The molecule has 0 saturated heterocycles. The smallest absolute Gasteiger partial charge is 0.0249 e. The van der Waals surface area contributed by atoms with Gasteiger partial charge in [-0.15, -0.1) is 0 Å². The molecule has 0 N–H and O–H groups in total. The van der Waals surface area contributed by atoms with Crippen LogP contribution in [0.15, 0.2) is 72.8 Å². The molecule has 0 fully saturated rings. The summed E-state index contributed by atoms with van der Waals surface area (Å²) in [5.41, 5.74) is 7.05. The first-order chi connectivity index (χ1) is 16.3. The predicted octanol–water partition coefficient (Wildman–Crippen LogP) is 8.81. The second-order valence-corrected chi connectivity index (χ2v) is 8.67. The Morgan fingerprint density at radius 3 is 1.55 bits per heavy atom. The lowest BCUT2D eigenvalue weighted by Crippen LogP contribution is -1.87. The van der Waals surface area contributed by atoms with Gasteiger partial charge in [0.1, 0.15) is 0 Å². The van der Waals surface area contributed by atoms with Crippen LogP contribution in [0, 0.1) is 23.7 Å². The van der Waals surface area contributed by atoms with Crippen molar-refractivity contribution >= 4 is 0 Å². The van der Waals surface area contributed by atoms with Crippen LogP contribution in [0.5, 0.6) is 0 Å². The van der Waals surface area contributed by atoms with E-state index in [-0.39, 0.29) is 0 Å². The topological polar surface area (TPSA) is 0 Å². The maximum Gasteiger partial charge on any atom is 0.0249 e. The average Bonchev–Trinajstić information content (AvgIpc) is 2.86. The van der Waals surface area contributed by atoms with Crippen LogP contribution in [0.4, 0.5) is 0 Å². The minimum atomic E-state index is 0.945. The Bertz CT molecular complexity index is 1080. The third kappa shape index (κ3) is 8.67. The van der Waals surface area contributed by atoms with E-state index in [4.69, 9.17) is 0 Å². The quantitative estimate of drug-likeness (QED) is 0.234. The summed E-state index contributed by atoms with van der Waals surface area (Å²) in [5.74, 6) is 12.9. The standard InChI is InChI=1S/C33H36/c1-3-5-7-8-9-11-13-29-20-24-32(25-21-29)33-26-22-31(23-27-33)19-18-30-16-14-28(15-17-30)12-10-6-4-2/h14-17,20-27H,3-9,11,13H2,1-2H3. The minimum absolute atomic E-state index is 0.945. The molecule has 0 saturated carbocycles. The first-order valence-corrected chi connectivity index (χ1v) is 12.6. The molecular formula is C33H36. The molecule has 0 amide bonds. The lowest BCUT2D eigenvalue weighted by Gasteiger charge is -2.05. The fraction of sp³-hybridized carbons (Fsp3) is 0.333. The molecule has 0 heterocycles. The van der Waals surface area contributed by atoms with Crippen molar-refractivity contribution < 1.29 is 0 Å². The van der Waals surface area contributed by atoms with Crippen molar-refractivity contribution in [3.8, 4) is 34.8 Å². The van der Waals surface area contributed by atoms with Gasteiger partial charge in [-0.1, -0.05) is 106 Å². The van der Waals surface area contributed by atoms with Gasteiger partial charge in [-0.3, -0.25) is 0 Å². The van der Waals surface area contributed by atoms with Crippen LogP contribution in [0.1, 0.15) is 87.5 Å². The highest BCUT2D eigenvalue weighted by Gasteiger charge is 1.99. The summed E-state index contributed by atoms with van der Waals surface area (Å²) in [6.07, 6.45) is 11.3. The Labute approximate surface area is 201 Å². The molecule has 0 nitrogen and oxygen atoms in total. The molecule has 0 aromatic heterocycles. The summed E-state index contributed by atoms with van der Waals surface area (Å²) in [6, 6.07) is 25.8. The molecule has 0 heteroatoms. The third-order valence-corrected chi connectivity index (χ3v) is 5.83. The SMILES string of the molecule is CCCC#Cc1ccc(C#Cc2ccc(-c3ccc(CCCCCCCC)cc3)cc2)cc1. The molecule has 168 valence electrons. The van der Waals surface area contributed by atoms with E-state index < -0.39 is 0 Å². The lowest BCUT2D eigenvalue weighted by atomic mass is 10.00. The van der Waals surface area contributed by atoms with Crippen molar-refractivity contribution in [2.24, 2.45) is 0 Å². The first-order valence-electron chi connectivity index (χ1n) is 12.6. The normalized spacial score (nSPS) is 10.1. The van der Waals surface area contributed by atoms with Crippen LogP contribution in [-0.4, -0.2) is 0 Å².